The van der Waals surface area contributed by atoms with Gasteiger partial charge in [0.05, 0.1) is 0 Å². The van der Waals surface area contributed by atoms with Gasteiger partial charge in [-0.15, -0.1) is 0 Å². The second kappa shape index (κ2) is 2.90. The molecule has 0 aromatic heterocycles. The predicted molar refractivity (Wildman–Crippen MR) is 37.5 cm³/mol. The number of nitrogens with two attached hydrogens (primary N) is 1. The first-order chi connectivity index (χ1) is 5.30. The number of sulfone groups is 1. The molecule has 0 rings (SSSR count). The minimum absolute atomic E-state index is 0.138. The van der Waals surface area contributed by atoms with E-state index in [1.807, 2.05) is 0 Å². The van der Waals surface area contributed by atoms with Crippen molar-refractivity contribution in [3.8, 4) is 6.07 Å². The summed E-state index contributed by atoms with van der Waals surface area (Å²) in [7, 11) is -3.75. The average molecular weight is 183 g/mol. The predicted octanol–water partition coefficient (Wildman–Crippen LogP) is -0.0788. The van der Waals surface area contributed by atoms with E-state index in [-0.39, 0.29) is 5.72 Å². The van der Waals surface area contributed by atoms with Crippen molar-refractivity contribution in [2.45, 2.75) is 0 Å². The zero-order valence-corrected chi connectivity index (χ0v) is 6.57. The zero-order valence-electron chi connectivity index (χ0n) is 7.00. The van der Waals surface area contributed by atoms with Gasteiger partial charge < -0.3 is 5.72 Å². The van der Waals surface area contributed by atoms with E-state index in [1.54, 1.807) is 0 Å². The normalized spacial score (nSPS) is 16.1. The van der Waals surface area contributed by atoms with Crippen LogP contribution in [0.2, 0.25) is 2.82 Å². The van der Waals surface area contributed by atoms with Crippen molar-refractivity contribution in [3.63, 3.8) is 0 Å². The van der Waals surface area contributed by atoms with E-state index < -0.39 is 19.9 Å². The van der Waals surface area contributed by atoms with Crippen LogP contribution in [-0.2, 0) is 9.84 Å². The van der Waals surface area contributed by atoms with Gasteiger partial charge in [0, 0.05) is 6.26 Å². The Bertz CT molecular complexity index is 343. The maximum Gasteiger partial charge on any atom is 0.188 e. The molecule has 6 heteroatoms. The maximum atomic E-state index is 10.8. The minimum Gasteiger partial charge on any atom is -0.388 e. The third kappa shape index (κ3) is 2.25. The Morgan fingerprint density at radius 2 is 2.40 bits per heavy atom. The van der Waals surface area contributed by atoms with Gasteiger partial charge in [-0.2, -0.15) is 5.26 Å². The summed E-state index contributed by atoms with van der Waals surface area (Å²) < 4.78 is 34.7. The highest BCUT2D eigenvalue weighted by Gasteiger charge is 2.13. The van der Waals surface area contributed by atoms with Crippen LogP contribution < -0.4 is 5.72 Å². The summed E-state index contributed by atoms with van der Waals surface area (Å²) in [6.45, 7) is 0. The fraction of sp³-hybridized carbons (Fsp3) is 0.250. The number of rotatable bonds is 2. The topological polar surface area (TPSA) is 83.9 Å². The van der Waals surface area contributed by atoms with E-state index in [0.717, 1.165) is 6.26 Å². The molecule has 0 saturated heterocycles. The van der Waals surface area contributed by atoms with Crippen molar-refractivity contribution >= 4 is 21.4 Å². The first-order valence-corrected chi connectivity index (χ1v) is 4.35. The van der Waals surface area contributed by atoms with Gasteiger partial charge >= 0.3 is 0 Å². The van der Waals surface area contributed by atoms with E-state index in [2.05, 4.69) is 0 Å². The lowest BCUT2D eigenvalue weighted by molar-refractivity contribution is 0.608. The number of hydrogen-bond acceptors (Lipinski definition) is 4. The summed E-state index contributed by atoms with van der Waals surface area (Å²) >= 11 is 5.20. The molecule has 0 spiro atoms. The molecule has 0 amide bonds. The fourth-order valence-corrected chi connectivity index (χ4v) is 1.22. The van der Waals surface area contributed by atoms with E-state index >= 15 is 0 Å². The summed E-state index contributed by atoms with van der Waals surface area (Å²) in [5.41, 5.74) is -0.138. The lowest BCUT2D eigenvalue weighted by Crippen LogP contribution is -2.04. The standard InChI is InChI=1S/C4H5ClN2O2S/c1-10(8,9)3(2-6)4(5)7/h7H2,1H3/b4-3+/i/hD2. The molecule has 0 aromatic rings. The van der Waals surface area contributed by atoms with Crippen LogP contribution in [0.3, 0.4) is 0 Å². The van der Waals surface area contributed by atoms with Crippen LogP contribution >= 0.6 is 11.6 Å². The molecule has 0 atom stereocenters. The highest BCUT2D eigenvalue weighted by Crippen LogP contribution is 2.08. The van der Waals surface area contributed by atoms with Crippen molar-refractivity contribution in [2.24, 2.45) is 5.72 Å². The number of allylic oxidation sites excluding steroid dienone is 1. The highest BCUT2D eigenvalue weighted by molar-refractivity contribution is 7.94. The largest absolute Gasteiger partial charge is 0.388 e. The molecule has 10 heavy (non-hydrogen) atoms. The molecule has 0 aliphatic heterocycles. The molecular weight excluding hydrogens is 176 g/mol. The van der Waals surface area contributed by atoms with Crippen LogP contribution in [0.1, 0.15) is 0 Å². The van der Waals surface area contributed by atoms with Gasteiger partial charge in [0.2, 0.25) is 0 Å². The monoisotopic (exact) mass is 182 g/mol. The summed E-state index contributed by atoms with van der Waals surface area (Å²) in [5, 5.41) is 7.58. The summed E-state index contributed by atoms with van der Waals surface area (Å²) in [5.74, 6) is 0. The van der Waals surface area contributed by atoms with Crippen LogP contribution in [0.25, 0.3) is 0 Å². The van der Waals surface area contributed by atoms with Crippen LogP contribution in [-0.4, -0.2) is 14.7 Å². The molecule has 0 aliphatic carbocycles. The van der Waals surface area contributed by atoms with Crippen LogP contribution in [0.5, 0.6) is 0 Å². The van der Waals surface area contributed by atoms with Crippen molar-refractivity contribution in [3.05, 3.63) is 10.1 Å². The smallest absolute Gasteiger partial charge is 0.188 e. The molecule has 0 heterocycles. The number of hydrogen-bond donors (Lipinski definition) is 1. The van der Waals surface area contributed by atoms with E-state index in [1.165, 1.54) is 6.07 Å². The molecule has 4 nitrogen and oxygen atoms in total. The molecule has 0 fully saturated rings. The lowest BCUT2D eigenvalue weighted by atomic mass is 10.7. The lowest BCUT2D eigenvalue weighted by Gasteiger charge is -1.92. The van der Waals surface area contributed by atoms with Gasteiger partial charge in [-0.3, -0.25) is 0 Å². The highest BCUT2D eigenvalue weighted by atomic mass is 35.5. The molecule has 0 unspecified atom stereocenters. The van der Waals surface area contributed by atoms with Crippen LogP contribution in [0.4, 0.5) is 0 Å². The van der Waals surface area contributed by atoms with Gasteiger partial charge in [0.25, 0.3) is 0 Å². The van der Waals surface area contributed by atoms with Crippen molar-refractivity contribution in [1.29, 1.82) is 5.26 Å². The quantitative estimate of drug-likeness (QED) is 0.478. The van der Waals surface area contributed by atoms with Gasteiger partial charge in [0.15, 0.2) is 17.6 Å². The molecule has 0 saturated carbocycles. The zero-order chi connectivity index (χ0) is 9.94. The summed E-state index contributed by atoms with van der Waals surface area (Å²) in [6, 6.07) is 1.30. The van der Waals surface area contributed by atoms with Crippen molar-refractivity contribution in [1.82, 2.24) is 0 Å². The first kappa shape index (κ1) is 6.01. The molecule has 56 valence electrons. The van der Waals surface area contributed by atoms with Gasteiger partial charge in [0.1, 0.15) is 11.2 Å². The number of nitriles is 1. The van der Waals surface area contributed by atoms with Gasteiger partial charge in [-0.1, -0.05) is 11.6 Å². The molecule has 0 radical (unpaired) electrons. The summed E-state index contributed by atoms with van der Waals surface area (Å²) in [6.07, 6.45) is 0.775. The maximum absolute atomic E-state index is 10.8. The third-order valence-electron chi connectivity index (χ3n) is 0.660. The Kier molecular flexibility index (Phi) is 1.75. The second-order valence-electron chi connectivity index (χ2n) is 1.50. The Labute approximate surface area is 66.7 Å². The van der Waals surface area contributed by atoms with E-state index in [0.29, 0.717) is 0 Å². The Balaban J connectivity index is 5.36. The first-order valence-electron chi connectivity index (χ1n) is 2.98. The molecular formula is C4H5ClN2O2S. The third-order valence-corrected chi connectivity index (χ3v) is 1.99. The Hall–Kier alpha value is -0.730. The van der Waals surface area contributed by atoms with Crippen LogP contribution in [0, 0.1) is 11.3 Å². The summed E-state index contributed by atoms with van der Waals surface area (Å²) in [4.78, 5) is -0.783. The average Bonchev–Trinajstić information content (AvgIpc) is 1.85. The second-order valence-corrected chi connectivity index (χ2v) is 3.81. The van der Waals surface area contributed by atoms with Gasteiger partial charge in [-0.05, 0) is 0 Å². The Morgan fingerprint density at radius 3 is 2.50 bits per heavy atom. The van der Waals surface area contributed by atoms with Gasteiger partial charge in [-0.25, -0.2) is 8.42 Å². The number of nitrogens with zero attached hydrogens (tertiary/aromatic N) is 1. The van der Waals surface area contributed by atoms with E-state index in [9.17, 15) is 8.42 Å². The molecule has 0 bridgehead atoms. The van der Waals surface area contributed by atoms with E-state index in [4.69, 9.17) is 19.7 Å². The molecule has 2 N–H and O–H groups in total. The number of halogens is 1. The van der Waals surface area contributed by atoms with Crippen molar-refractivity contribution < 1.29 is 11.2 Å². The van der Waals surface area contributed by atoms with Crippen molar-refractivity contribution in [2.75, 3.05) is 6.26 Å². The minimum atomic E-state index is -3.75. The SMILES string of the molecule is [2H]N([2H])/C(Cl)=C(\C#N)S(C)(=O)=O. The molecule has 0 aliphatic rings. The fourth-order valence-electron chi connectivity index (χ4n) is 0.282. The Morgan fingerprint density at radius 1 is 1.90 bits per heavy atom. The van der Waals surface area contributed by atoms with Crippen LogP contribution in [0.15, 0.2) is 10.1 Å². The molecule has 0 aromatic carbocycles.